The van der Waals surface area contributed by atoms with Crippen molar-refractivity contribution < 1.29 is 13.2 Å². The van der Waals surface area contributed by atoms with E-state index in [4.69, 9.17) is 10.5 Å². The minimum Gasteiger partial charge on any atom is -0.497 e. The van der Waals surface area contributed by atoms with E-state index in [2.05, 4.69) is 0 Å². The van der Waals surface area contributed by atoms with E-state index in [-0.39, 0.29) is 5.75 Å². The van der Waals surface area contributed by atoms with Gasteiger partial charge in [0.25, 0.3) is 0 Å². The fraction of sp³-hybridized carbons (Fsp3) is 0.455. The number of anilines is 1. The van der Waals surface area contributed by atoms with Gasteiger partial charge in [-0.1, -0.05) is 0 Å². The van der Waals surface area contributed by atoms with Gasteiger partial charge in [0.15, 0.2) is 0 Å². The number of sulfone groups is 1. The highest BCUT2D eigenvalue weighted by Crippen LogP contribution is 2.29. The van der Waals surface area contributed by atoms with Crippen molar-refractivity contribution in [1.29, 1.82) is 0 Å². The molecule has 6 heteroatoms. The normalized spacial score (nSPS) is 11.4. The lowest BCUT2D eigenvalue weighted by molar-refractivity contribution is 0.414. The van der Waals surface area contributed by atoms with Gasteiger partial charge in [0.1, 0.15) is 15.6 Å². The van der Waals surface area contributed by atoms with Crippen LogP contribution in [0.3, 0.4) is 0 Å². The molecule has 0 aliphatic carbocycles. The van der Waals surface area contributed by atoms with Crippen LogP contribution in [-0.4, -0.2) is 33.3 Å². The molecular weight excluding hydrogens is 258 g/mol. The van der Waals surface area contributed by atoms with E-state index in [1.165, 1.54) is 6.26 Å². The topological polar surface area (TPSA) is 69.4 Å². The third-order valence-electron chi connectivity index (χ3n) is 2.14. The third-order valence-corrected chi connectivity index (χ3v) is 4.33. The summed E-state index contributed by atoms with van der Waals surface area (Å²) in [5.74, 6) is 1.69. The number of methoxy groups -OCH3 is 1. The van der Waals surface area contributed by atoms with Crippen molar-refractivity contribution in [2.24, 2.45) is 0 Å². The second-order valence-electron chi connectivity index (χ2n) is 3.74. The maximum atomic E-state index is 11.0. The standard InChI is InChI=1S/C11H17NO3S2/c1-15-9-4-5-10(12)11(8-9)16-6-3-7-17(2,13)14/h4-5,8H,3,6-7,12H2,1-2H3. The number of rotatable bonds is 6. The van der Waals surface area contributed by atoms with Crippen molar-refractivity contribution in [3.8, 4) is 5.75 Å². The summed E-state index contributed by atoms with van der Waals surface area (Å²) in [6.45, 7) is 0. The number of benzene rings is 1. The molecular formula is C11H17NO3S2. The van der Waals surface area contributed by atoms with E-state index in [0.29, 0.717) is 12.1 Å². The van der Waals surface area contributed by atoms with E-state index < -0.39 is 9.84 Å². The molecule has 2 N–H and O–H groups in total. The minimum absolute atomic E-state index is 0.212. The average molecular weight is 275 g/mol. The van der Waals surface area contributed by atoms with Gasteiger partial charge in [-0.2, -0.15) is 0 Å². The first kappa shape index (κ1) is 14.2. The summed E-state index contributed by atoms with van der Waals surface area (Å²) in [7, 11) is -1.27. The monoisotopic (exact) mass is 275 g/mol. The predicted molar refractivity (Wildman–Crippen MR) is 72.5 cm³/mol. The van der Waals surface area contributed by atoms with E-state index in [1.807, 2.05) is 6.07 Å². The summed E-state index contributed by atoms with van der Waals surface area (Å²) in [4.78, 5) is 0.929. The van der Waals surface area contributed by atoms with Crippen molar-refractivity contribution in [2.45, 2.75) is 11.3 Å². The van der Waals surface area contributed by atoms with E-state index >= 15 is 0 Å². The molecule has 0 bridgehead atoms. The Balaban J connectivity index is 2.51. The van der Waals surface area contributed by atoms with Crippen LogP contribution in [0.1, 0.15) is 6.42 Å². The largest absolute Gasteiger partial charge is 0.497 e. The second kappa shape index (κ2) is 6.16. The van der Waals surface area contributed by atoms with Gasteiger partial charge in [0, 0.05) is 16.8 Å². The van der Waals surface area contributed by atoms with Crippen LogP contribution < -0.4 is 10.5 Å². The van der Waals surface area contributed by atoms with Crippen molar-refractivity contribution in [3.63, 3.8) is 0 Å². The predicted octanol–water partition coefficient (Wildman–Crippen LogP) is 1.80. The Morgan fingerprint density at radius 3 is 2.71 bits per heavy atom. The number of nitrogens with two attached hydrogens (primary N) is 1. The van der Waals surface area contributed by atoms with Crippen LogP contribution in [0.15, 0.2) is 23.1 Å². The number of ether oxygens (including phenoxy) is 1. The van der Waals surface area contributed by atoms with Gasteiger partial charge in [-0.15, -0.1) is 11.8 Å². The smallest absolute Gasteiger partial charge is 0.147 e. The molecule has 96 valence electrons. The Morgan fingerprint density at radius 2 is 2.12 bits per heavy atom. The fourth-order valence-corrected chi connectivity index (χ4v) is 3.06. The fourth-order valence-electron chi connectivity index (χ4n) is 1.27. The van der Waals surface area contributed by atoms with Crippen LogP contribution >= 0.6 is 11.8 Å². The SMILES string of the molecule is COc1ccc(N)c(SCCCS(C)(=O)=O)c1. The van der Waals surface area contributed by atoms with Gasteiger partial charge in [-0.25, -0.2) is 8.42 Å². The molecule has 0 spiro atoms. The Labute approximate surface area is 106 Å². The first-order valence-electron chi connectivity index (χ1n) is 5.16. The van der Waals surface area contributed by atoms with Crippen LogP contribution in [0, 0.1) is 0 Å². The highest BCUT2D eigenvalue weighted by atomic mass is 32.2. The zero-order valence-electron chi connectivity index (χ0n) is 9.97. The molecule has 0 fully saturated rings. The van der Waals surface area contributed by atoms with Gasteiger partial charge in [0.2, 0.25) is 0 Å². The third kappa shape index (κ3) is 5.32. The van der Waals surface area contributed by atoms with E-state index in [1.54, 1.807) is 31.0 Å². The zero-order valence-corrected chi connectivity index (χ0v) is 11.6. The van der Waals surface area contributed by atoms with Gasteiger partial charge in [0.05, 0.1) is 12.9 Å². The summed E-state index contributed by atoms with van der Waals surface area (Å²) in [5.41, 5.74) is 6.51. The Kier molecular flexibility index (Phi) is 5.14. The number of nitrogen functional groups attached to an aromatic ring is 1. The maximum Gasteiger partial charge on any atom is 0.147 e. The molecule has 1 aromatic carbocycles. The summed E-state index contributed by atoms with van der Waals surface area (Å²) < 4.78 is 27.0. The highest BCUT2D eigenvalue weighted by Gasteiger charge is 2.05. The molecule has 1 rings (SSSR count). The Morgan fingerprint density at radius 1 is 1.41 bits per heavy atom. The second-order valence-corrected chi connectivity index (χ2v) is 7.13. The number of hydrogen-bond donors (Lipinski definition) is 1. The van der Waals surface area contributed by atoms with Gasteiger partial charge in [-0.3, -0.25) is 0 Å². The zero-order chi connectivity index (χ0) is 12.9. The van der Waals surface area contributed by atoms with Crippen molar-refractivity contribution in [2.75, 3.05) is 30.6 Å². The van der Waals surface area contributed by atoms with Crippen molar-refractivity contribution in [3.05, 3.63) is 18.2 Å². The van der Waals surface area contributed by atoms with Crippen LogP contribution in [-0.2, 0) is 9.84 Å². The molecule has 0 heterocycles. The molecule has 17 heavy (non-hydrogen) atoms. The summed E-state index contributed by atoms with van der Waals surface area (Å²) in [6.07, 6.45) is 1.87. The summed E-state index contributed by atoms with van der Waals surface area (Å²) >= 11 is 1.55. The van der Waals surface area contributed by atoms with Crippen molar-refractivity contribution in [1.82, 2.24) is 0 Å². The van der Waals surface area contributed by atoms with Crippen LogP contribution in [0.25, 0.3) is 0 Å². The molecule has 0 radical (unpaired) electrons. The lowest BCUT2D eigenvalue weighted by Gasteiger charge is -2.07. The summed E-state index contributed by atoms with van der Waals surface area (Å²) in [6, 6.07) is 5.45. The molecule has 0 amide bonds. The molecule has 0 atom stereocenters. The van der Waals surface area contributed by atoms with Gasteiger partial charge >= 0.3 is 0 Å². The quantitative estimate of drug-likeness (QED) is 0.487. The lowest BCUT2D eigenvalue weighted by atomic mass is 10.3. The lowest BCUT2D eigenvalue weighted by Crippen LogP contribution is -2.03. The van der Waals surface area contributed by atoms with Gasteiger partial charge < -0.3 is 10.5 Å². The van der Waals surface area contributed by atoms with E-state index in [0.717, 1.165) is 16.4 Å². The number of thioether (sulfide) groups is 1. The number of hydrogen-bond acceptors (Lipinski definition) is 5. The molecule has 0 aromatic heterocycles. The first-order chi connectivity index (χ1) is 7.92. The maximum absolute atomic E-state index is 11.0. The molecule has 0 aliphatic heterocycles. The van der Waals surface area contributed by atoms with Crippen LogP contribution in [0.5, 0.6) is 5.75 Å². The Hall–Kier alpha value is -0.880. The minimum atomic E-state index is -2.87. The molecule has 4 nitrogen and oxygen atoms in total. The molecule has 1 aromatic rings. The highest BCUT2D eigenvalue weighted by molar-refractivity contribution is 7.99. The molecule has 0 saturated carbocycles. The molecule has 0 saturated heterocycles. The average Bonchev–Trinajstić information content (AvgIpc) is 2.25. The Bertz CT molecular complexity index is 472. The van der Waals surface area contributed by atoms with Crippen LogP contribution in [0.4, 0.5) is 5.69 Å². The molecule has 0 aliphatic rings. The summed E-state index contributed by atoms with van der Waals surface area (Å²) in [5, 5.41) is 0. The first-order valence-corrected chi connectivity index (χ1v) is 8.21. The van der Waals surface area contributed by atoms with Crippen molar-refractivity contribution >= 4 is 27.3 Å². The molecule has 0 unspecified atom stereocenters. The van der Waals surface area contributed by atoms with Crippen LogP contribution in [0.2, 0.25) is 0 Å². The van der Waals surface area contributed by atoms with E-state index in [9.17, 15) is 8.42 Å². The van der Waals surface area contributed by atoms with Gasteiger partial charge in [-0.05, 0) is 30.4 Å².